The summed E-state index contributed by atoms with van der Waals surface area (Å²) in [6, 6.07) is 3.62. The molecule has 1 saturated heterocycles. The number of sulfone groups is 1. The van der Waals surface area contributed by atoms with Crippen LogP contribution in [0.25, 0.3) is 0 Å². The van der Waals surface area contributed by atoms with Gasteiger partial charge >= 0.3 is 6.18 Å². The van der Waals surface area contributed by atoms with Crippen LogP contribution < -0.4 is 4.90 Å². The molecule has 0 aromatic heterocycles. The van der Waals surface area contributed by atoms with Crippen LogP contribution in [-0.4, -0.2) is 67.8 Å². The van der Waals surface area contributed by atoms with Crippen LogP contribution in [-0.2, 0) is 20.8 Å². The Morgan fingerprint density at radius 1 is 1.33 bits per heavy atom. The number of amidine groups is 1. The number of hydrogen-bond donors (Lipinski definition) is 0. The lowest BCUT2D eigenvalue weighted by Gasteiger charge is -2.27. The second-order valence-corrected chi connectivity index (χ2v) is 9.71. The number of carbonyl (C=O) groups excluding carboxylic acids is 1. The average Bonchev–Trinajstić information content (AvgIpc) is 3.02. The topological polar surface area (TPSA) is 70.0 Å². The number of rotatable bonds is 3. The highest BCUT2D eigenvalue weighted by Crippen LogP contribution is 2.38. The number of aliphatic imine (C=N–C) groups is 1. The molecule has 0 saturated carbocycles. The van der Waals surface area contributed by atoms with Crippen LogP contribution >= 0.6 is 11.8 Å². The lowest BCUT2D eigenvalue weighted by atomic mass is 10.1. The minimum atomic E-state index is -4.51. The van der Waals surface area contributed by atoms with Gasteiger partial charge in [0, 0.05) is 19.8 Å². The molecule has 2 atom stereocenters. The van der Waals surface area contributed by atoms with Gasteiger partial charge < -0.3 is 9.80 Å². The molecular formula is C16H18F3N3O3S2. The first-order valence-electron chi connectivity index (χ1n) is 8.05. The normalized spacial score (nSPS) is 23.9. The molecule has 0 spiro atoms. The van der Waals surface area contributed by atoms with Crippen molar-refractivity contribution in [2.45, 2.75) is 18.3 Å². The number of fused-ring (bicyclic) bond motifs is 1. The fourth-order valence-corrected chi connectivity index (χ4v) is 5.97. The van der Waals surface area contributed by atoms with Gasteiger partial charge in [0.15, 0.2) is 15.0 Å². The Morgan fingerprint density at radius 3 is 2.67 bits per heavy atom. The number of amides is 1. The summed E-state index contributed by atoms with van der Waals surface area (Å²) in [5, 5.41) is 0.370. The molecule has 0 unspecified atom stereocenters. The molecule has 27 heavy (non-hydrogen) atoms. The van der Waals surface area contributed by atoms with Gasteiger partial charge in [-0.15, -0.1) is 0 Å². The van der Waals surface area contributed by atoms with Gasteiger partial charge in [0.05, 0.1) is 34.9 Å². The Labute approximate surface area is 159 Å². The SMILES string of the molecule is CN(C)C(=O)CSC1=N[C@H]2CS(=O)(=O)C[C@@H]2N1c1cccc(C(F)(F)F)c1. The molecule has 1 aromatic rings. The van der Waals surface area contributed by atoms with E-state index in [2.05, 4.69) is 4.99 Å². The van der Waals surface area contributed by atoms with Crippen molar-refractivity contribution in [3.05, 3.63) is 29.8 Å². The molecule has 0 bridgehead atoms. The van der Waals surface area contributed by atoms with Gasteiger partial charge in [-0.05, 0) is 18.2 Å². The van der Waals surface area contributed by atoms with Crippen molar-refractivity contribution in [1.29, 1.82) is 0 Å². The van der Waals surface area contributed by atoms with Gasteiger partial charge in [0.2, 0.25) is 5.91 Å². The highest BCUT2D eigenvalue weighted by Gasteiger charge is 2.47. The summed E-state index contributed by atoms with van der Waals surface area (Å²) >= 11 is 1.10. The Hall–Kier alpha value is -1.75. The summed E-state index contributed by atoms with van der Waals surface area (Å²) in [4.78, 5) is 19.2. The molecule has 2 heterocycles. The molecular weight excluding hydrogens is 403 g/mol. The van der Waals surface area contributed by atoms with Crippen LogP contribution in [0.1, 0.15) is 5.56 Å². The molecule has 2 aliphatic heterocycles. The largest absolute Gasteiger partial charge is 0.416 e. The number of thioether (sulfide) groups is 1. The van der Waals surface area contributed by atoms with Crippen LogP contribution in [0.2, 0.25) is 0 Å². The summed E-state index contributed by atoms with van der Waals surface area (Å²) in [5.74, 6) is -0.425. The van der Waals surface area contributed by atoms with Gasteiger partial charge in [0.25, 0.3) is 0 Å². The first kappa shape index (κ1) is 20.0. The highest BCUT2D eigenvalue weighted by atomic mass is 32.2. The van der Waals surface area contributed by atoms with Crippen molar-refractivity contribution in [3.63, 3.8) is 0 Å². The molecule has 148 valence electrons. The third kappa shape index (κ3) is 4.23. The van der Waals surface area contributed by atoms with Crippen molar-refractivity contribution >= 4 is 38.4 Å². The van der Waals surface area contributed by atoms with Gasteiger partial charge in [-0.2, -0.15) is 13.2 Å². The van der Waals surface area contributed by atoms with Crippen LogP contribution in [0, 0.1) is 0 Å². The zero-order chi connectivity index (χ0) is 20.0. The summed E-state index contributed by atoms with van der Waals surface area (Å²) in [7, 11) is -0.104. The monoisotopic (exact) mass is 421 g/mol. The molecule has 0 radical (unpaired) electrons. The Bertz CT molecular complexity index is 884. The quantitative estimate of drug-likeness (QED) is 0.745. The maximum Gasteiger partial charge on any atom is 0.416 e. The van der Waals surface area contributed by atoms with Gasteiger partial charge in [0.1, 0.15) is 0 Å². The number of anilines is 1. The Balaban J connectivity index is 1.94. The second kappa shape index (κ2) is 7.01. The van der Waals surface area contributed by atoms with Crippen molar-refractivity contribution < 1.29 is 26.4 Å². The van der Waals surface area contributed by atoms with Crippen LogP contribution in [0.4, 0.5) is 18.9 Å². The van der Waals surface area contributed by atoms with E-state index in [1.54, 1.807) is 14.1 Å². The molecule has 6 nitrogen and oxygen atoms in total. The predicted molar refractivity (Wildman–Crippen MR) is 98.7 cm³/mol. The number of nitrogens with zero attached hydrogens (tertiary/aromatic N) is 3. The fraction of sp³-hybridized carbons (Fsp3) is 0.500. The standard InChI is InChI=1S/C16H18F3N3O3S2/c1-21(2)14(23)7-26-15-20-12-8-27(24,25)9-13(12)22(15)11-5-3-4-10(6-11)16(17,18)19/h3-6,12-13H,7-9H2,1-2H3/t12-,13-/m0/s1. The molecule has 1 fully saturated rings. The summed E-state index contributed by atoms with van der Waals surface area (Å²) < 4.78 is 63.2. The zero-order valence-electron chi connectivity index (χ0n) is 14.6. The van der Waals surface area contributed by atoms with Crippen molar-refractivity contribution in [1.82, 2.24) is 4.90 Å². The van der Waals surface area contributed by atoms with Crippen molar-refractivity contribution in [2.75, 3.05) is 36.3 Å². The second-order valence-electron chi connectivity index (χ2n) is 6.62. The van der Waals surface area contributed by atoms with Gasteiger partial charge in [-0.3, -0.25) is 9.79 Å². The lowest BCUT2D eigenvalue weighted by molar-refractivity contribution is -0.137. The third-order valence-corrected chi connectivity index (χ3v) is 7.03. The minimum absolute atomic E-state index is 0.0630. The molecule has 1 amide bonds. The van der Waals surface area contributed by atoms with E-state index in [0.717, 1.165) is 23.9 Å². The van der Waals surface area contributed by atoms with E-state index in [-0.39, 0.29) is 28.9 Å². The highest BCUT2D eigenvalue weighted by molar-refractivity contribution is 8.14. The van der Waals surface area contributed by atoms with Gasteiger partial charge in [-0.25, -0.2) is 8.42 Å². The van der Waals surface area contributed by atoms with Gasteiger partial charge in [-0.1, -0.05) is 17.8 Å². The van der Waals surface area contributed by atoms with Crippen LogP contribution in [0.5, 0.6) is 0 Å². The number of halogens is 3. The lowest BCUT2D eigenvalue weighted by Crippen LogP contribution is -2.39. The summed E-state index contributed by atoms with van der Waals surface area (Å²) in [5.41, 5.74) is -0.601. The predicted octanol–water partition coefficient (Wildman–Crippen LogP) is 1.87. The number of hydrogen-bond acceptors (Lipinski definition) is 6. The van der Waals surface area contributed by atoms with Crippen molar-refractivity contribution in [2.24, 2.45) is 4.99 Å². The summed E-state index contributed by atoms with van der Waals surface area (Å²) in [6.45, 7) is 0. The van der Waals surface area contributed by atoms with E-state index in [1.165, 1.54) is 21.9 Å². The summed E-state index contributed by atoms with van der Waals surface area (Å²) in [6.07, 6.45) is -4.51. The van der Waals surface area contributed by atoms with Crippen LogP contribution in [0.15, 0.2) is 29.3 Å². The van der Waals surface area contributed by atoms with E-state index < -0.39 is 33.7 Å². The van der Waals surface area contributed by atoms with E-state index in [1.807, 2.05) is 0 Å². The van der Waals surface area contributed by atoms with Crippen LogP contribution in [0.3, 0.4) is 0 Å². The third-order valence-electron chi connectivity index (χ3n) is 4.38. The van der Waals surface area contributed by atoms with Crippen molar-refractivity contribution in [3.8, 4) is 0 Å². The molecule has 1 aromatic carbocycles. The fourth-order valence-electron chi connectivity index (χ4n) is 3.02. The zero-order valence-corrected chi connectivity index (χ0v) is 16.2. The molecule has 0 aliphatic carbocycles. The first-order chi connectivity index (χ1) is 12.5. The van der Waals surface area contributed by atoms with E-state index >= 15 is 0 Å². The minimum Gasteiger partial charge on any atom is -0.348 e. The number of benzene rings is 1. The Kier molecular flexibility index (Phi) is 5.19. The first-order valence-corrected chi connectivity index (χ1v) is 10.9. The maximum absolute atomic E-state index is 13.1. The molecule has 11 heteroatoms. The smallest absolute Gasteiger partial charge is 0.348 e. The number of carbonyl (C=O) groups is 1. The average molecular weight is 421 g/mol. The van der Waals surface area contributed by atoms with E-state index in [4.69, 9.17) is 0 Å². The molecule has 2 aliphatic rings. The maximum atomic E-state index is 13.1. The molecule has 3 rings (SSSR count). The number of alkyl halides is 3. The van der Waals surface area contributed by atoms with E-state index in [9.17, 15) is 26.4 Å². The molecule has 0 N–H and O–H groups in total. The Morgan fingerprint density at radius 2 is 2.04 bits per heavy atom. The van der Waals surface area contributed by atoms with E-state index in [0.29, 0.717) is 5.17 Å².